The van der Waals surface area contributed by atoms with E-state index in [1.807, 2.05) is 18.2 Å². The topological polar surface area (TPSA) is 36.4 Å². The van der Waals surface area contributed by atoms with Gasteiger partial charge in [-0.2, -0.15) is 0 Å². The van der Waals surface area contributed by atoms with Crippen molar-refractivity contribution in [1.29, 1.82) is 0 Å². The molecule has 3 nitrogen and oxygen atoms in total. The fraction of sp³-hybridized carbons (Fsp3) is 0.462. The maximum atomic E-state index is 9.41. The smallest absolute Gasteiger partial charge is 0.129 e. The van der Waals surface area contributed by atoms with Gasteiger partial charge in [0.15, 0.2) is 0 Å². The quantitative estimate of drug-likeness (QED) is 0.770. The van der Waals surface area contributed by atoms with Crippen molar-refractivity contribution in [2.24, 2.45) is 0 Å². The molecule has 0 aromatic carbocycles. The Morgan fingerprint density at radius 3 is 2.81 bits per heavy atom. The number of aliphatic hydroxyl groups excluding tert-OH is 1. The highest BCUT2D eigenvalue weighted by molar-refractivity contribution is 5.43. The number of aliphatic hydroxyl groups is 1. The predicted octanol–water partition coefficient (Wildman–Crippen LogP) is 2.29. The molecule has 16 heavy (non-hydrogen) atoms. The van der Waals surface area contributed by atoms with E-state index in [2.05, 4.69) is 16.5 Å². The molecule has 1 aliphatic carbocycles. The molecule has 1 atom stereocenters. The fourth-order valence-corrected chi connectivity index (χ4v) is 1.77. The molecule has 1 heterocycles. The van der Waals surface area contributed by atoms with Crippen molar-refractivity contribution in [1.82, 2.24) is 4.98 Å². The summed E-state index contributed by atoms with van der Waals surface area (Å²) in [6, 6.07) is 4.54. The van der Waals surface area contributed by atoms with Crippen LogP contribution in [0.4, 0.5) is 5.82 Å². The number of hydrogen-bond donors (Lipinski definition) is 1. The maximum Gasteiger partial charge on any atom is 0.129 e. The van der Waals surface area contributed by atoms with Crippen LogP contribution >= 0.6 is 0 Å². The van der Waals surface area contributed by atoms with Crippen molar-refractivity contribution in [2.75, 3.05) is 11.4 Å². The first-order chi connectivity index (χ1) is 7.72. The van der Waals surface area contributed by atoms with Crippen LogP contribution in [0.15, 0.2) is 31.0 Å². The Bertz CT molecular complexity index is 355. The Hall–Kier alpha value is -1.35. The van der Waals surface area contributed by atoms with E-state index in [1.54, 1.807) is 13.1 Å². The summed E-state index contributed by atoms with van der Waals surface area (Å²) in [6.07, 6.45) is 5.69. The third-order valence-electron chi connectivity index (χ3n) is 2.86. The first-order valence-electron chi connectivity index (χ1n) is 5.74. The molecule has 1 saturated carbocycles. The molecule has 1 N–H and O–H groups in total. The highest BCUT2D eigenvalue weighted by Crippen LogP contribution is 2.30. The van der Waals surface area contributed by atoms with Crippen molar-refractivity contribution >= 4 is 5.82 Å². The number of hydrogen-bond acceptors (Lipinski definition) is 3. The van der Waals surface area contributed by atoms with E-state index in [1.165, 1.54) is 12.8 Å². The van der Waals surface area contributed by atoms with Gasteiger partial charge in [-0.05, 0) is 31.4 Å². The molecule has 1 aromatic heterocycles. The lowest BCUT2D eigenvalue weighted by molar-refractivity contribution is 0.199. The first kappa shape index (κ1) is 11.1. The van der Waals surface area contributed by atoms with Crippen molar-refractivity contribution in [3.63, 3.8) is 0 Å². The molecule has 1 unspecified atom stereocenters. The largest absolute Gasteiger partial charge is 0.389 e. The zero-order valence-corrected chi connectivity index (χ0v) is 9.63. The number of aromatic nitrogens is 1. The van der Waals surface area contributed by atoms with Crippen LogP contribution in [0.5, 0.6) is 0 Å². The molecular weight excluding hydrogens is 200 g/mol. The third kappa shape index (κ3) is 2.42. The maximum absolute atomic E-state index is 9.41. The lowest BCUT2D eigenvalue weighted by atomic mass is 10.2. The molecule has 1 fully saturated rings. The van der Waals surface area contributed by atoms with Crippen LogP contribution in [-0.2, 0) is 0 Å². The molecule has 2 rings (SSSR count). The van der Waals surface area contributed by atoms with E-state index in [0.717, 1.165) is 17.9 Å². The summed E-state index contributed by atoms with van der Waals surface area (Å²) in [5.41, 5.74) is 0.859. The minimum Gasteiger partial charge on any atom is -0.389 e. The molecule has 0 aliphatic heterocycles. The van der Waals surface area contributed by atoms with E-state index in [-0.39, 0.29) is 0 Å². The standard InChI is InChI=1S/C13H18N2O/c1-3-8-15(12-5-6-12)13-7-4-11(9-14-13)10(2)16/h3-4,7,9-10,12,16H,1,5-6,8H2,2H3. The summed E-state index contributed by atoms with van der Waals surface area (Å²) in [7, 11) is 0. The summed E-state index contributed by atoms with van der Waals surface area (Å²) in [6.45, 7) is 6.36. The minimum absolute atomic E-state index is 0.449. The molecule has 1 aromatic rings. The van der Waals surface area contributed by atoms with Gasteiger partial charge < -0.3 is 10.0 Å². The van der Waals surface area contributed by atoms with Gasteiger partial charge in [0.25, 0.3) is 0 Å². The van der Waals surface area contributed by atoms with Crippen LogP contribution in [0.3, 0.4) is 0 Å². The highest BCUT2D eigenvalue weighted by atomic mass is 16.3. The zero-order chi connectivity index (χ0) is 11.5. The Labute approximate surface area is 96.4 Å². The van der Waals surface area contributed by atoms with Crippen molar-refractivity contribution in [3.8, 4) is 0 Å². The summed E-state index contributed by atoms with van der Waals surface area (Å²) in [4.78, 5) is 6.66. The van der Waals surface area contributed by atoms with Gasteiger partial charge in [0.1, 0.15) is 5.82 Å². The van der Waals surface area contributed by atoms with Crippen LogP contribution in [-0.4, -0.2) is 22.7 Å². The van der Waals surface area contributed by atoms with E-state index in [0.29, 0.717) is 6.04 Å². The van der Waals surface area contributed by atoms with E-state index in [4.69, 9.17) is 0 Å². The van der Waals surface area contributed by atoms with E-state index >= 15 is 0 Å². The number of anilines is 1. The third-order valence-corrected chi connectivity index (χ3v) is 2.86. The fourth-order valence-electron chi connectivity index (χ4n) is 1.77. The van der Waals surface area contributed by atoms with Gasteiger partial charge in [-0.1, -0.05) is 12.1 Å². The molecule has 3 heteroatoms. The normalized spacial score (nSPS) is 16.9. The van der Waals surface area contributed by atoms with Gasteiger partial charge in [-0.15, -0.1) is 6.58 Å². The lowest BCUT2D eigenvalue weighted by Crippen LogP contribution is -2.26. The SMILES string of the molecule is C=CCN(c1ccc(C(C)O)cn1)C1CC1. The molecule has 0 radical (unpaired) electrons. The second-order valence-electron chi connectivity index (χ2n) is 4.30. The van der Waals surface area contributed by atoms with Crippen molar-refractivity contribution < 1.29 is 5.11 Å². The second-order valence-corrected chi connectivity index (χ2v) is 4.30. The van der Waals surface area contributed by atoms with Gasteiger partial charge in [0, 0.05) is 18.8 Å². The molecule has 0 spiro atoms. The van der Waals surface area contributed by atoms with Gasteiger partial charge in [-0.3, -0.25) is 0 Å². The van der Waals surface area contributed by atoms with E-state index < -0.39 is 6.10 Å². The van der Waals surface area contributed by atoms with Crippen molar-refractivity contribution in [2.45, 2.75) is 31.9 Å². The Morgan fingerprint density at radius 1 is 1.62 bits per heavy atom. The monoisotopic (exact) mass is 218 g/mol. The Balaban J connectivity index is 2.14. The number of pyridine rings is 1. The van der Waals surface area contributed by atoms with Crippen LogP contribution in [0.2, 0.25) is 0 Å². The lowest BCUT2D eigenvalue weighted by Gasteiger charge is -2.22. The molecular formula is C13H18N2O. The van der Waals surface area contributed by atoms with Crippen LogP contribution in [0.25, 0.3) is 0 Å². The predicted molar refractivity (Wildman–Crippen MR) is 65.4 cm³/mol. The van der Waals surface area contributed by atoms with Gasteiger partial charge in [0.05, 0.1) is 6.10 Å². The minimum atomic E-state index is -0.449. The average molecular weight is 218 g/mol. The summed E-state index contributed by atoms with van der Waals surface area (Å²) < 4.78 is 0. The second kappa shape index (κ2) is 4.66. The summed E-state index contributed by atoms with van der Waals surface area (Å²) in [5, 5.41) is 9.41. The van der Waals surface area contributed by atoms with Crippen LogP contribution in [0.1, 0.15) is 31.4 Å². The molecule has 0 amide bonds. The number of nitrogens with zero attached hydrogens (tertiary/aromatic N) is 2. The summed E-state index contributed by atoms with van der Waals surface area (Å²) in [5.74, 6) is 0.979. The van der Waals surface area contributed by atoms with Gasteiger partial charge in [0.2, 0.25) is 0 Å². The summed E-state index contributed by atoms with van der Waals surface area (Å²) >= 11 is 0. The Morgan fingerprint density at radius 2 is 2.38 bits per heavy atom. The van der Waals surface area contributed by atoms with Crippen LogP contribution < -0.4 is 4.90 Å². The molecule has 0 bridgehead atoms. The molecule has 86 valence electrons. The molecule has 0 saturated heterocycles. The molecule has 1 aliphatic rings. The first-order valence-corrected chi connectivity index (χ1v) is 5.74. The van der Waals surface area contributed by atoms with Crippen LogP contribution in [0, 0.1) is 0 Å². The van der Waals surface area contributed by atoms with Gasteiger partial charge >= 0.3 is 0 Å². The number of rotatable bonds is 5. The Kier molecular flexibility index (Phi) is 3.25. The van der Waals surface area contributed by atoms with Gasteiger partial charge in [-0.25, -0.2) is 4.98 Å². The average Bonchev–Trinajstić information content (AvgIpc) is 3.10. The highest BCUT2D eigenvalue weighted by Gasteiger charge is 2.29. The zero-order valence-electron chi connectivity index (χ0n) is 9.63. The van der Waals surface area contributed by atoms with Crippen molar-refractivity contribution in [3.05, 3.63) is 36.5 Å². The van der Waals surface area contributed by atoms with E-state index in [9.17, 15) is 5.11 Å².